The number of carbonyl (C=O) groups is 1. The monoisotopic (exact) mass is 474 g/mol. The first-order chi connectivity index (χ1) is 15.2. The number of benzene rings is 3. The van der Waals surface area contributed by atoms with Crippen LogP contribution in [-0.4, -0.2) is 28.0 Å². The molecule has 0 aliphatic rings. The molecular formula is C23H23ClN2O5S. The number of methoxy groups -OCH3 is 1. The molecule has 168 valence electrons. The van der Waals surface area contributed by atoms with Gasteiger partial charge in [0.2, 0.25) is 0 Å². The number of sulfonamides is 1. The van der Waals surface area contributed by atoms with Crippen LogP contribution in [0.25, 0.3) is 0 Å². The number of amides is 1. The number of rotatable bonds is 8. The lowest BCUT2D eigenvalue weighted by molar-refractivity contribution is 0.102. The van der Waals surface area contributed by atoms with Crippen LogP contribution in [0.1, 0.15) is 22.8 Å². The number of hydrogen-bond acceptors (Lipinski definition) is 5. The second kappa shape index (κ2) is 9.93. The van der Waals surface area contributed by atoms with Gasteiger partial charge < -0.3 is 14.8 Å². The van der Waals surface area contributed by atoms with Gasteiger partial charge in [-0.05, 0) is 61.9 Å². The summed E-state index contributed by atoms with van der Waals surface area (Å²) in [5.74, 6) is 0.435. The molecule has 3 aromatic carbocycles. The molecule has 0 unspecified atom stereocenters. The van der Waals surface area contributed by atoms with E-state index in [2.05, 4.69) is 10.0 Å². The van der Waals surface area contributed by atoms with E-state index in [4.69, 9.17) is 21.1 Å². The smallest absolute Gasteiger partial charge is 0.261 e. The lowest BCUT2D eigenvalue weighted by Crippen LogP contribution is -2.16. The summed E-state index contributed by atoms with van der Waals surface area (Å²) in [5.41, 5.74) is 1.80. The molecule has 0 fully saturated rings. The van der Waals surface area contributed by atoms with Crippen molar-refractivity contribution >= 4 is 38.9 Å². The first kappa shape index (κ1) is 23.4. The summed E-state index contributed by atoms with van der Waals surface area (Å²) >= 11 is 6.19. The summed E-state index contributed by atoms with van der Waals surface area (Å²) in [5, 5.41) is 2.83. The summed E-state index contributed by atoms with van der Waals surface area (Å²) in [6.45, 7) is 4.18. The minimum absolute atomic E-state index is 0.0200. The Kier molecular flexibility index (Phi) is 7.27. The van der Waals surface area contributed by atoms with E-state index in [0.29, 0.717) is 29.5 Å². The minimum atomic E-state index is -3.92. The second-order valence-corrected chi connectivity index (χ2v) is 8.96. The fraction of sp³-hybridized carbons (Fsp3) is 0.174. The molecule has 3 rings (SSSR count). The lowest BCUT2D eigenvalue weighted by atomic mass is 10.2. The van der Waals surface area contributed by atoms with E-state index >= 15 is 0 Å². The van der Waals surface area contributed by atoms with Gasteiger partial charge in [-0.15, -0.1) is 0 Å². The van der Waals surface area contributed by atoms with Crippen molar-refractivity contribution in [1.29, 1.82) is 0 Å². The highest BCUT2D eigenvalue weighted by molar-refractivity contribution is 7.92. The first-order valence-electron chi connectivity index (χ1n) is 9.74. The molecule has 0 atom stereocenters. The zero-order chi connectivity index (χ0) is 23.3. The van der Waals surface area contributed by atoms with Gasteiger partial charge in [0, 0.05) is 17.4 Å². The zero-order valence-corrected chi connectivity index (χ0v) is 19.4. The van der Waals surface area contributed by atoms with Crippen LogP contribution in [0.2, 0.25) is 5.02 Å². The van der Waals surface area contributed by atoms with Crippen LogP contribution in [-0.2, 0) is 10.0 Å². The largest absolute Gasteiger partial charge is 0.493 e. The van der Waals surface area contributed by atoms with Crippen LogP contribution in [0.5, 0.6) is 11.5 Å². The number of carbonyl (C=O) groups excluding carboxylic acids is 1. The van der Waals surface area contributed by atoms with Gasteiger partial charge in [-0.2, -0.15) is 0 Å². The molecule has 32 heavy (non-hydrogen) atoms. The molecule has 3 aromatic rings. The predicted molar refractivity (Wildman–Crippen MR) is 126 cm³/mol. The topological polar surface area (TPSA) is 93.7 Å². The number of nitrogens with one attached hydrogen (secondary N) is 2. The van der Waals surface area contributed by atoms with Crippen LogP contribution in [0.15, 0.2) is 65.6 Å². The summed E-state index contributed by atoms with van der Waals surface area (Å²) < 4.78 is 38.9. The number of aryl methyl sites for hydroxylation is 1. The highest BCUT2D eigenvalue weighted by Gasteiger charge is 2.20. The average Bonchev–Trinajstić information content (AvgIpc) is 2.74. The predicted octanol–water partition coefficient (Wildman–Crippen LogP) is 5.11. The molecule has 2 N–H and O–H groups in total. The molecule has 0 aliphatic carbocycles. The maximum absolute atomic E-state index is 12.8. The molecule has 0 saturated carbocycles. The van der Waals surface area contributed by atoms with Crippen LogP contribution in [0.3, 0.4) is 0 Å². The Morgan fingerprint density at radius 3 is 2.47 bits per heavy atom. The standard InChI is InChI=1S/C23H23ClN2O5S/c1-4-31-21-11-8-16(13-22(21)30-3)25-23(27)19-14-18(9-10-20(19)24)32(28,29)26-17-7-5-6-15(2)12-17/h5-14,26H,4H2,1-3H3,(H,25,27). The molecule has 0 heterocycles. The molecule has 7 nitrogen and oxygen atoms in total. The third kappa shape index (κ3) is 5.52. The highest BCUT2D eigenvalue weighted by atomic mass is 35.5. The molecule has 9 heteroatoms. The normalized spacial score (nSPS) is 11.0. The summed E-state index contributed by atoms with van der Waals surface area (Å²) in [7, 11) is -2.43. The molecule has 0 saturated heterocycles. The van der Waals surface area contributed by atoms with Crippen LogP contribution in [0, 0.1) is 6.92 Å². The summed E-state index contributed by atoms with van der Waals surface area (Å²) in [6, 6.07) is 15.9. The van der Waals surface area contributed by atoms with Gasteiger partial charge in [-0.3, -0.25) is 9.52 Å². The van der Waals surface area contributed by atoms with Crippen LogP contribution in [0.4, 0.5) is 11.4 Å². The van der Waals surface area contributed by atoms with Crippen molar-refractivity contribution in [2.24, 2.45) is 0 Å². The number of anilines is 2. The van der Waals surface area contributed by atoms with E-state index in [0.717, 1.165) is 5.56 Å². The molecule has 0 radical (unpaired) electrons. The Morgan fingerprint density at radius 2 is 1.78 bits per heavy atom. The van der Waals surface area contributed by atoms with Crippen molar-refractivity contribution in [2.45, 2.75) is 18.7 Å². The van der Waals surface area contributed by atoms with Crippen molar-refractivity contribution < 1.29 is 22.7 Å². The van der Waals surface area contributed by atoms with Crippen molar-refractivity contribution in [1.82, 2.24) is 0 Å². The fourth-order valence-electron chi connectivity index (χ4n) is 2.99. The van der Waals surface area contributed by atoms with Gasteiger partial charge in [0.05, 0.1) is 29.2 Å². The Morgan fingerprint density at radius 1 is 1.00 bits per heavy atom. The third-order valence-corrected chi connectivity index (χ3v) is 6.19. The lowest BCUT2D eigenvalue weighted by Gasteiger charge is -2.13. The van der Waals surface area contributed by atoms with Crippen LogP contribution < -0.4 is 19.5 Å². The van der Waals surface area contributed by atoms with Crippen molar-refractivity contribution in [3.63, 3.8) is 0 Å². The van der Waals surface area contributed by atoms with E-state index < -0.39 is 15.9 Å². The SMILES string of the molecule is CCOc1ccc(NC(=O)c2cc(S(=O)(=O)Nc3cccc(C)c3)ccc2Cl)cc1OC. The Labute approximate surface area is 192 Å². The van der Waals surface area contributed by atoms with E-state index in [-0.39, 0.29) is 15.5 Å². The maximum Gasteiger partial charge on any atom is 0.261 e. The molecule has 0 aliphatic heterocycles. The second-order valence-electron chi connectivity index (χ2n) is 6.87. The third-order valence-electron chi connectivity index (χ3n) is 4.48. The quantitative estimate of drug-likeness (QED) is 0.473. The van der Waals surface area contributed by atoms with E-state index in [1.165, 1.54) is 25.3 Å². The van der Waals surface area contributed by atoms with Crippen molar-refractivity contribution in [3.8, 4) is 11.5 Å². The molecule has 1 amide bonds. The van der Waals surface area contributed by atoms with Crippen molar-refractivity contribution in [3.05, 3.63) is 76.8 Å². The average molecular weight is 475 g/mol. The van der Waals surface area contributed by atoms with Gasteiger partial charge in [-0.1, -0.05) is 23.7 Å². The van der Waals surface area contributed by atoms with Gasteiger partial charge in [0.1, 0.15) is 0 Å². The van der Waals surface area contributed by atoms with Gasteiger partial charge in [0.15, 0.2) is 11.5 Å². The zero-order valence-electron chi connectivity index (χ0n) is 17.8. The number of hydrogen-bond donors (Lipinski definition) is 2. The minimum Gasteiger partial charge on any atom is -0.493 e. The van der Waals surface area contributed by atoms with E-state index in [1.54, 1.807) is 36.4 Å². The molecule has 0 spiro atoms. The fourth-order valence-corrected chi connectivity index (χ4v) is 4.27. The highest BCUT2D eigenvalue weighted by Crippen LogP contribution is 2.31. The molecule has 0 bridgehead atoms. The summed E-state index contributed by atoms with van der Waals surface area (Å²) in [4.78, 5) is 12.8. The Balaban J connectivity index is 1.86. The van der Waals surface area contributed by atoms with Crippen molar-refractivity contribution in [2.75, 3.05) is 23.8 Å². The van der Waals surface area contributed by atoms with Gasteiger partial charge in [-0.25, -0.2) is 8.42 Å². The number of ether oxygens (including phenoxy) is 2. The van der Waals surface area contributed by atoms with Gasteiger partial charge >= 0.3 is 0 Å². The number of halogens is 1. The van der Waals surface area contributed by atoms with Crippen LogP contribution >= 0.6 is 11.6 Å². The molecule has 0 aromatic heterocycles. The summed E-state index contributed by atoms with van der Waals surface area (Å²) in [6.07, 6.45) is 0. The Bertz CT molecular complexity index is 1240. The first-order valence-corrected chi connectivity index (χ1v) is 11.6. The van der Waals surface area contributed by atoms with E-state index in [1.807, 2.05) is 19.9 Å². The van der Waals surface area contributed by atoms with E-state index in [9.17, 15) is 13.2 Å². The maximum atomic E-state index is 12.8. The van der Waals surface area contributed by atoms with Gasteiger partial charge in [0.25, 0.3) is 15.9 Å². The molecular weight excluding hydrogens is 452 g/mol. The Hall–Kier alpha value is -3.23.